The van der Waals surface area contributed by atoms with Crippen LogP contribution >= 0.6 is 15.9 Å². The molecule has 0 unspecified atom stereocenters. The summed E-state index contributed by atoms with van der Waals surface area (Å²) in [6, 6.07) is 4.17. The zero-order chi connectivity index (χ0) is 13.9. The monoisotopic (exact) mass is 317 g/mol. The van der Waals surface area contributed by atoms with E-state index in [0.29, 0.717) is 10.0 Å². The first-order valence-electron chi connectivity index (χ1n) is 5.63. The van der Waals surface area contributed by atoms with Crippen molar-refractivity contribution in [2.24, 2.45) is 0 Å². The molecule has 1 rings (SSSR count). The van der Waals surface area contributed by atoms with E-state index in [0.717, 1.165) is 0 Å². The first-order valence-corrected chi connectivity index (χ1v) is 6.42. The molecular formula is C13H17BrFNO2. The highest BCUT2D eigenvalue weighted by atomic mass is 79.9. The zero-order valence-corrected chi connectivity index (χ0v) is 12.5. The van der Waals surface area contributed by atoms with Gasteiger partial charge in [-0.1, -0.05) is 15.9 Å². The molecule has 0 aromatic heterocycles. The summed E-state index contributed by atoms with van der Waals surface area (Å²) in [7, 11) is 0. The number of benzene rings is 1. The second-order valence-electron chi connectivity index (χ2n) is 5.07. The Hall–Kier alpha value is -1.10. The van der Waals surface area contributed by atoms with Gasteiger partial charge in [0.2, 0.25) is 0 Å². The van der Waals surface area contributed by atoms with Crippen molar-refractivity contribution in [1.82, 2.24) is 5.32 Å². The Balaban J connectivity index is 2.70. The highest BCUT2D eigenvalue weighted by molar-refractivity contribution is 9.10. The number of carbonyl (C=O) groups excluding carboxylic acids is 1. The van der Waals surface area contributed by atoms with Gasteiger partial charge in [-0.25, -0.2) is 9.18 Å². The molecular weight excluding hydrogens is 301 g/mol. The first-order chi connectivity index (χ1) is 8.17. The molecule has 1 N–H and O–H groups in total. The molecule has 5 heteroatoms. The minimum Gasteiger partial charge on any atom is -0.444 e. The van der Waals surface area contributed by atoms with Crippen LogP contribution in [-0.2, 0) is 4.74 Å². The average Bonchev–Trinajstić information content (AvgIpc) is 2.12. The van der Waals surface area contributed by atoms with Crippen molar-refractivity contribution in [1.29, 1.82) is 0 Å². The lowest BCUT2D eigenvalue weighted by Crippen LogP contribution is -2.34. The van der Waals surface area contributed by atoms with Crippen LogP contribution in [0.15, 0.2) is 22.7 Å². The lowest BCUT2D eigenvalue weighted by atomic mass is 10.1. The number of nitrogens with one attached hydrogen (secondary N) is 1. The third-order valence-corrected chi connectivity index (χ3v) is 2.58. The van der Waals surface area contributed by atoms with Crippen molar-refractivity contribution in [3.63, 3.8) is 0 Å². The van der Waals surface area contributed by atoms with Crippen molar-refractivity contribution < 1.29 is 13.9 Å². The molecule has 0 bridgehead atoms. The largest absolute Gasteiger partial charge is 0.444 e. The fraction of sp³-hybridized carbons (Fsp3) is 0.462. The maximum Gasteiger partial charge on any atom is 0.408 e. The fourth-order valence-corrected chi connectivity index (χ4v) is 1.88. The Morgan fingerprint density at radius 1 is 1.39 bits per heavy atom. The summed E-state index contributed by atoms with van der Waals surface area (Å²) in [5, 5.41) is 2.66. The zero-order valence-electron chi connectivity index (χ0n) is 10.9. The molecule has 0 fully saturated rings. The number of carbonyl (C=O) groups is 1. The molecule has 0 radical (unpaired) electrons. The van der Waals surface area contributed by atoms with Crippen LogP contribution in [0.25, 0.3) is 0 Å². The molecule has 1 amide bonds. The molecule has 3 nitrogen and oxygen atoms in total. The molecule has 0 heterocycles. The molecule has 100 valence electrons. The number of amides is 1. The summed E-state index contributed by atoms with van der Waals surface area (Å²) in [6.45, 7) is 7.13. The van der Waals surface area contributed by atoms with Gasteiger partial charge in [-0.15, -0.1) is 0 Å². The van der Waals surface area contributed by atoms with E-state index in [4.69, 9.17) is 4.74 Å². The lowest BCUT2D eigenvalue weighted by molar-refractivity contribution is 0.0508. The van der Waals surface area contributed by atoms with Crippen molar-refractivity contribution >= 4 is 22.0 Å². The van der Waals surface area contributed by atoms with E-state index in [2.05, 4.69) is 21.2 Å². The molecule has 0 aliphatic carbocycles. The predicted molar refractivity (Wildman–Crippen MR) is 71.9 cm³/mol. The van der Waals surface area contributed by atoms with Crippen molar-refractivity contribution in [2.45, 2.75) is 39.3 Å². The van der Waals surface area contributed by atoms with Gasteiger partial charge >= 0.3 is 6.09 Å². The number of alkyl carbamates (subject to hydrolysis) is 1. The molecule has 18 heavy (non-hydrogen) atoms. The molecule has 0 spiro atoms. The van der Waals surface area contributed by atoms with Crippen LogP contribution in [0.5, 0.6) is 0 Å². The topological polar surface area (TPSA) is 38.3 Å². The second-order valence-corrected chi connectivity index (χ2v) is 5.99. The number of hydrogen-bond donors (Lipinski definition) is 1. The van der Waals surface area contributed by atoms with E-state index in [1.807, 2.05) is 0 Å². The minimum absolute atomic E-state index is 0.327. The summed E-state index contributed by atoms with van der Waals surface area (Å²) < 4.78 is 19.0. The summed E-state index contributed by atoms with van der Waals surface area (Å²) in [5.74, 6) is -0.350. The van der Waals surface area contributed by atoms with Gasteiger partial charge in [0.15, 0.2) is 0 Å². The van der Waals surface area contributed by atoms with Crippen molar-refractivity contribution in [3.05, 3.63) is 34.1 Å². The molecule has 0 saturated carbocycles. The van der Waals surface area contributed by atoms with Gasteiger partial charge in [-0.05, 0) is 51.5 Å². The third kappa shape index (κ3) is 5.04. The van der Waals surface area contributed by atoms with Gasteiger partial charge in [0.25, 0.3) is 0 Å². The quantitative estimate of drug-likeness (QED) is 0.888. The molecule has 0 aliphatic rings. The number of hydrogen-bond acceptors (Lipinski definition) is 2. The van der Waals surface area contributed by atoms with E-state index in [9.17, 15) is 9.18 Å². The maximum absolute atomic E-state index is 13.2. The third-order valence-electron chi connectivity index (χ3n) is 2.12. The number of ether oxygens (including phenoxy) is 1. The number of halogens is 2. The van der Waals surface area contributed by atoms with Crippen LogP contribution in [0.4, 0.5) is 9.18 Å². The normalized spacial score (nSPS) is 13.0. The smallest absolute Gasteiger partial charge is 0.408 e. The van der Waals surface area contributed by atoms with Crippen LogP contribution in [-0.4, -0.2) is 11.7 Å². The average molecular weight is 318 g/mol. The van der Waals surface area contributed by atoms with E-state index in [1.54, 1.807) is 33.8 Å². The van der Waals surface area contributed by atoms with Crippen LogP contribution in [0.2, 0.25) is 0 Å². The second kappa shape index (κ2) is 5.69. The van der Waals surface area contributed by atoms with Crippen LogP contribution < -0.4 is 5.32 Å². The van der Waals surface area contributed by atoms with Crippen LogP contribution in [0.1, 0.15) is 39.3 Å². The van der Waals surface area contributed by atoms with Gasteiger partial charge < -0.3 is 10.1 Å². The highest BCUT2D eigenvalue weighted by Gasteiger charge is 2.18. The van der Waals surface area contributed by atoms with Gasteiger partial charge in [-0.3, -0.25) is 0 Å². The molecule has 1 aromatic carbocycles. The molecule has 1 atom stereocenters. The maximum atomic E-state index is 13.2. The van der Waals surface area contributed by atoms with E-state index in [-0.39, 0.29) is 11.9 Å². The molecule has 0 saturated heterocycles. The summed E-state index contributed by atoms with van der Waals surface area (Å²) in [4.78, 5) is 11.6. The highest BCUT2D eigenvalue weighted by Crippen LogP contribution is 2.20. The van der Waals surface area contributed by atoms with Crippen LogP contribution in [0, 0.1) is 5.82 Å². The van der Waals surface area contributed by atoms with Gasteiger partial charge in [0.1, 0.15) is 11.4 Å². The van der Waals surface area contributed by atoms with Crippen molar-refractivity contribution in [2.75, 3.05) is 0 Å². The molecule has 0 aliphatic heterocycles. The number of rotatable bonds is 2. The Morgan fingerprint density at radius 2 is 2.00 bits per heavy atom. The van der Waals surface area contributed by atoms with E-state index in [1.165, 1.54) is 12.1 Å². The first kappa shape index (κ1) is 15.0. The van der Waals surface area contributed by atoms with E-state index >= 15 is 0 Å². The predicted octanol–water partition coefficient (Wildman–Crippen LogP) is 4.17. The minimum atomic E-state index is -0.549. The summed E-state index contributed by atoms with van der Waals surface area (Å²) in [5.41, 5.74) is 0.125. The van der Waals surface area contributed by atoms with Gasteiger partial charge in [0, 0.05) is 4.47 Å². The Bertz CT molecular complexity index is 423. The van der Waals surface area contributed by atoms with Gasteiger partial charge in [0.05, 0.1) is 6.04 Å². The fourth-order valence-electron chi connectivity index (χ4n) is 1.39. The Kier molecular flexibility index (Phi) is 4.73. The lowest BCUT2D eigenvalue weighted by Gasteiger charge is -2.22. The Morgan fingerprint density at radius 3 is 2.50 bits per heavy atom. The summed E-state index contributed by atoms with van der Waals surface area (Å²) in [6.07, 6.45) is -0.518. The van der Waals surface area contributed by atoms with Gasteiger partial charge in [-0.2, -0.15) is 0 Å². The molecule has 1 aromatic rings. The Labute approximate surface area is 115 Å². The van der Waals surface area contributed by atoms with Crippen LogP contribution in [0.3, 0.4) is 0 Å². The SMILES string of the molecule is C[C@H](NC(=O)OC(C)(C)C)c1cc(F)cc(Br)c1. The van der Waals surface area contributed by atoms with Crippen molar-refractivity contribution in [3.8, 4) is 0 Å². The van der Waals surface area contributed by atoms with E-state index < -0.39 is 11.7 Å². The standard InChI is InChI=1S/C13H17BrFNO2/c1-8(16-12(17)18-13(2,3)4)9-5-10(14)7-11(15)6-9/h5-8H,1-4H3,(H,16,17)/t8-/m0/s1. The summed E-state index contributed by atoms with van der Waals surface area (Å²) >= 11 is 3.21.